The lowest BCUT2D eigenvalue weighted by Gasteiger charge is -2.35. The molecule has 0 radical (unpaired) electrons. The fraction of sp³-hybridized carbons (Fsp3) is 0.846. The van der Waals surface area contributed by atoms with Crippen molar-refractivity contribution in [3.8, 4) is 0 Å². The van der Waals surface area contributed by atoms with Gasteiger partial charge in [0, 0.05) is 6.04 Å². The molecule has 2 unspecified atom stereocenters. The molecule has 2 fully saturated rings. The smallest absolute Gasteiger partial charge is 0.248 e. The molecular formula is C13H24N4O3. The van der Waals surface area contributed by atoms with Crippen LogP contribution in [0.4, 0.5) is 0 Å². The van der Waals surface area contributed by atoms with Crippen molar-refractivity contribution < 1.29 is 14.7 Å². The minimum Gasteiger partial charge on any atom is -0.381 e. The lowest BCUT2D eigenvalue weighted by atomic mass is 10.0. The first-order chi connectivity index (χ1) is 9.59. The van der Waals surface area contributed by atoms with Gasteiger partial charge in [0.25, 0.3) is 0 Å². The van der Waals surface area contributed by atoms with E-state index in [-0.39, 0.29) is 18.5 Å². The van der Waals surface area contributed by atoms with Gasteiger partial charge in [-0.1, -0.05) is 0 Å². The first-order valence-electron chi connectivity index (χ1n) is 7.31. The van der Waals surface area contributed by atoms with Crippen LogP contribution in [0.2, 0.25) is 0 Å². The monoisotopic (exact) mass is 284 g/mol. The largest absolute Gasteiger partial charge is 0.381 e. The molecule has 20 heavy (non-hydrogen) atoms. The zero-order chi connectivity index (χ0) is 14.5. The van der Waals surface area contributed by atoms with E-state index in [0.29, 0.717) is 6.04 Å². The van der Waals surface area contributed by atoms with Gasteiger partial charge in [-0.2, -0.15) is 0 Å². The van der Waals surface area contributed by atoms with Gasteiger partial charge in [0.15, 0.2) is 0 Å². The number of primary amides is 1. The van der Waals surface area contributed by atoms with Crippen LogP contribution in [0, 0.1) is 0 Å². The van der Waals surface area contributed by atoms with Crippen molar-refractivity contribution in [1.29, 1.82) is 0 Å². The van der Waals surface area contributed by atoms with Crippen molar-refractivity contribution in [2.45, 2.75) is 43.9 Å². The van der Waals surface area contributed by atoms with E-state index in [1.807, 2.05) is 0 Å². The van der Waals surface area contributed by atoms with Gasteiger partial charge in [-0.05, 0) is 45.3 Å². The summed E-state index contributed by atoms with van der Waals surface area (Å²) in [6.07, 6.45) is 2.66. The molecule has 2 saturated heterocycles. The highest BCUT2D eigenvalue weighted by Crippen LogP contribution is 2.24. The van der Waals surface area contributed by atoms with Gasteiger partial charge in [0.2, 0.25) is 11.8 Å². The Morgan fingerprint density at radius 3 is 2.70 bits per heavy atom. The second-order valence-electron chi connectivity index (χ2n) is 5.54. The number of amides is 2. The van der Waals surface area contributed by atoms with Gasteiger partial charge in [0.05, 0.1) is 12.6 Å². The normalized spacial score (nSPS) is 26.4. The molecule has 0 bridgehead atoms. The number of nitrogens with one attached hydrogen (secondary N) is 2. The lowest BCUT2D eigenvalue weighted by molar-refractivity contribution is -0.129. The van der Waals surface area contributed by atoms with E-state index in [9.17, 15) is 14.7 Å². The third-order valence-corrected chi connectivity index (χ3v) is 4.17. The standard InChI is InChI=1S/C13H24N4O3/c14-12(19)11(18)8-16-13(20)10-2-1-7-17(10)9-3-5-15-6-4-9/h9-11,15,18H,1-8H2,(H2,14,19)(H,16,20). The summed E-state index contributed by atoms with van der Waals surface area (Å²) in [4.78, 5) is 25.2. The summed E-state index contributed by atoms with van der Waals surface area (Å²) in [6.45, 7) is 2.83. The molecule has 0 aromatic carbocycles. The molecule has 0 saturated carbocycles. The summed E-state index contributed by atoms with van der Waals surface area (Å²) < 4.78 is 0. The molecule has 5 N–H and O–H groups in total. The maximum Gasteiger partial charge on any atom is 0.248 e. The van der Waals surface area contributed by atoms with Crippen LogP contribution >= 0.6 is 0 Å². The molecule has 7 nitrogen and oxygen atoms in total. The van der Waals surface area contributed by atoms with Crippen LogP contribution in [0.3, 0.4) is 0 Å². The zero-order valence-corrected chi connectivity index (χ0v) is 11.7. The number of piperidine rings is 1. The summed E-state index contributed by atoms with van der Waals surface area (Å²) in [5.41, 5.74) is 4.96. The number of aliphatic hydroxyl groups is 1. The third kappa shape index (κ3) is 3.68. The van der Waals surface area contributed by atoms with E-state index in [1.54, 1.807) is 0 Å². The van der Waals surface area contributed by atoms with Gasteiger partial charge >= 0.3 is 0 Å². The van der Waals surface area contributed by atoms with E-state index in [0.717, 1.165) is 45.3 Å². The van der Waals surface area contributed by atoms with Crippen molar-refractivity contribution in [3.63, 3.8) is 0 Å². The maximum atomic E-state index is 12.2. The molecule has 0 aromatic heterocycles. The van der Waals surface area contributed by atoms with Crippen LogP contribution in [0.1, 0.15) is 25.7 Å². The third-order valence-electron chi connectivity index (χ3n) is 4.17. The minimum absolute atomic E-state index is 0.106. The molecule has 2 atom stereocenters. The predicted octanol–water partition coefficient (Wildman–Crippen LogP) is -1.83. The highest BCUT2D eigenvalue weighted by atomic mass is 16.3. The number of carbonyl (C=O) groups is 2. The summed E-state index contributed by atoms with van der Waals surface area (Å²) in [6, 6.07) is 0.314. The Bertz CT molecular complexity index is 358. The topological polar surface area (TPSA) is 108 Å². The second kappa shape index (κ2) is 7.01. The fourth-order valence-electron chi connectivity index (χ4n) is 3.06. The molecule has 0 spiro atoms. The van der Waals surface area contributed by atoms with Crippen molar-refractivity contribution in [3.05, 3.63) is 0 Å². The van der Waals surface area contributed by atoms with Crippen LogP contribution in [-0.4, -0.2) is 66.2 Å². The van der Waals surface area contributed by atoms with Crippen molar-refractivity contribution in [1.82, 2.24) is 15.5 Å². The first-order valence-corrected chi connectivity index (χ1v) is 7.31. The van der Waals surface area contributed by atoms with Gasteiger partial charge in [-0.25, -0.2) is 0 Å². The average molecular weight is 284 g/mol. The summed E-state index contributed by atoms with van der Waals surface area (Å²) in [5, 5.41) is 15.3. The number of likely N-dealkylation sites (tertiary alicyclic amines) is 1. The summed E-state index contributed by atoms with van der Waals surface area (Å²) in [5.74, 6) is -0.923. The van der Waals surface area contributed by atoms with Crippen LogP contribution in [0.15, 0.2) is 0 Å². The molecule has 2 rings (SSSR count). The number of nitrogens with zero attached hydrogens (tertiary/aromatic N) is 1. The van der Waals surface area contributed by atoms with Gasteiger partial charge in [-0.15, -0.1) is 0 Å². The highest BCUT2D eigenvalue weighted by molar-refractivity contribution is 5.84. The van der Waals surface area contributed by atoms with Crippen LogP contribution in [0.5, 0.6) is 0 Å². The first kappa shape index (κ1) is 15.2. The Morgan fingerprint density at radius 2 is 2.05 bits per heavy atom. The lowest BCUT2D eigenvalue weighted by Crippen LogP contribution is -2.52. The SMILES string of the molecule is NC(=O)C(O)CNC(=O)C1CCCN1C1CCNCC1. The van der Waals surface area contributed by atoms with Crippen LogP contribution in [-0.2, 0) is 9.59 Å². The minimum atomic E-state index is -1.31. The van der Waals surface area contributed by atoms with Crippen molar-refractivity contribution >= 4 is 11.8 Å². The van der Waals surface area contributed by atoms with Crippen LogP contribution < -0.4 is 16.4 Å². The number of aliphatic hydroxyl groups excluding tert-OH is 1. The fourth-order valence-corrected chi connectivity index (χ4v) is 3.06. The van der Waals surface area contributed by atoms with Crippen molar-refractivity contribution in [2.24, 2.45) is 5.73 Å². The van der Waals surface area contributed by atoms with Gasteiger partial charge in [-0.3, -0.25) is 14.5 Å². The highest BCUT2D eigenvalue weighted by Gasteiger charge is 2.35. The Kier molecular flexibility index (Phi) is 5.33. The molecule has 0 aliphatic carbocycles. The number of hydrogen-bond acceptors (Lipinski definition) is 5. The van der Waals surface area contributed by atoms with E-state index < -0.39 is 12.0 Å². The van der Waals surface area contributed by atoms with Gasteiger partial charge in [0.1, 0.15) is 6.10 Å². The summed E-state index contributed by atoms with van der Waals surface area (Å²) in [7, 11) is 0. The van der Waals surface area contributed by atoms with E-state index >= 15 is 0 Å². The molecule has 2 aliphatic rings. The molecule has 2 aliphatic heterocycles. The Labute approximate surface area is 118 Å². The van der Waals surface area contributed by atoms with Gasteiger partial charge < -0.3 is 21.5 Å². The second-order valence-corrected chi connectivity index (χ2v) is 5.54. The zero-order valence-electron chi connectivity index (χ0n) is 11.7. The molecule has 2 amide bonds. The number of nitrogens with two attached hydrogens (primary N) is 1. The van der Waals surface area contributed by atoms with E-state index in [2.05, 4.69) is 15.5 Å². The average Bonchev–Trinajstić information content (AvgIpc) is 2.94. The quantitative estimate of drug-likeness (QED) is 0.475. The Morgan fingerprint density at radius 1 is 1.35 bits per heavy atom. The molecule has 2 heterocycles. The van der Waals surface area contributed by atoms with E-state index in [4.69, 9.17) is 5.73 Å². The Balaban J connectivity index is 1.86. The van der Waals surface area contributed by atoms with Crippen molar-refractivity contribution in [2.75, 3.05) is 26.2 Å². The van der Waals surface area contributed by atoms with E-state index in [1.165, 1.54) is 0 Å². The molecule has 0 aromatic rings. The predicted molar refractivity (Wildman–Crippen MR) is 73.8 cm³/mol. The molecular weight excluding hydrogens is 260 g/mol. The summed E-state index contributed by atoms with van der Waals surface area (Å²) >= 11 is 0. The maximum absolute atomic E-state index is 12.2. The number of hydrogen-bond donors (Lipinski definition) is 4. The molecule has 114 valence electrons. The number of carbonyl (C=O) groups excluding carboxylic acids is 2. The molecule has 7 heteroatoms. The van der Waals surface area contributed by atoms with Crippen LogP contribution in [0.25, 0.3) is 0 Å². The Hall–Kier alpha value is -1.18. The number of rotatable bonds is 5.